The van der Waals surface area contributed by atoms with E-state index in [1.54, 1.807) is 14.0 Å². The second-order valence-corrected chi connectivity index (χ2v) is 19.3. The van der Waals surface area contributed by atoms with Crippen LogP contribution in [0.25, 0.3) is 0 Å². The number of morpholine rings is 1. The summed E-state index contributed by atoms with van der Waals surface area (Å²) in [5.41, 5.74) is -4.45. The minimum absolute atomic E-state index is 0.0108. The normalized spacial score (nSPS) is 34.4. The number of carbonyl (C=O) groups excluding carboxylic acids is 6. The van der Waals surface area contributed by atoms with Crippen LogP contribution in [-0.2, 0) is 49.3 Å². The number of nitrogens with one attached hydrogen (secondary N) is 1. The fourth-order valence-corrected chi connectivity index (χ4v) is 12.3. The van der Waals surface area contributed by atoms with Gasteiger partial charge in [0.05, 0.1) is 41.3 Å². The number of thioether (sulfide) groups is 1. The number of Topliss-reactive ketones (excluding diaryl/α,β-unsaturated/α-hetero) is 1. The first-order valence-corrected chi connectivity index (χ1v) is 22.9. The average molecular weight is 924 g/mol. The maximum atomic E-state index is 14.1. The Bertz CT molecular complexity index is 2320. The van der Waals surface area contributed by atoms with Crippen molar-refractivity contribution in [2.24, 2.45) is 11.8 Å². The van der Waals surface area contributed by atoms with E-state index in [-0.39, 0.29) is 76.9 Å². The maximum Gasteiger partial charge on any atom is 0.242 e. The molecule has 2 aromatic rings. The zero-order chi connectivity index (χ0) is 46.2. The number of hydrogen-bond acceptors (Lipinski definition) is 18. The Kier molecular flexibility index (Phi) is 12.4. The number of phenols is 2. The van der Waals surface area contributed by atoms with E-state index >= 15 is 0 Å². The fraction of sp³-hybridized carbons (Fsp3) is 0.600. The number of methoxy groups -OCH3 is 2. The zero-order valence-corrected chi connectivity index (χ0v) is 37.2. The van der Waals surface area contributed by atoms with Gasteiger partial charge in [0, 0.05) is 81.6 Å². The van der Waals surface area contributed by atoms with Crippen LogP contribution in [0.4, 0.5) is 0 Å². The number of benzene rings is 2. The van der Waals surface area contributed by atoms with Crippen molar-refractivity contribution in [2.45, 2.75) is 118 Å². The number of fused-ring (bicyclic) bond motifs is 6. The summed E-state index contributed by atoms with van der Waals surface area (Å²) in [6.07, 6.45) is -3.35. The van der Waals surface area contributed by atoms with Gasteiger partial charge in [-0.3, -0.25) is 38.6 Å². The van der Waals surface area contributed by atoms with Crippen molar-refractivity contribution in [1.82, 2.24) is 15.1 Å². The van der Waals surface area contributed by atoms with E-state index in [2.05, 4.69) is 5.32 Å². The number of nitrogens with zero attached hydrogens (tertiary/aromatic N) is 2. The van der Waals surface area contributed by atoms with Crippen molar-refractivity contribution < 1.29 is 77.6 Å². The first kappa shape index (κ1) is 45.6. The smallest absolute Gasteiger partial charge is 0.242 e. The number of aliphatic hydroxyl groups excluding tert-OH is 1. The van der Waals surface area contributed by atoms with Gasteiger partial charge in [-0.2, -0.15) is 0 Å². The van der Waals surface area contributed by atoms with Gasteiger partial charge >= 0.3 is 0 Å². The highest BCUT2D eigenvalue weighted by Gasteiger charge is 2.57. The Labute approximate surface area is 378 Å². The van der Waals surface area contributed by atoms with E-state index in [4.69, 9.17) is 28.4 Å². The molecule has 3 amide bonds. The molecule has 10 atom stereocenters. The number of amides is 3. The molecule has 2 aromatic carbocycles. The lowest BCUT2D eigenvalue weighted by Gasteiger charge is -2.44. The van der Waals surface area contributed by atoms with E-state index in [1.807, 2.05) is 4.90 Å². The Hall–Kier alpha value is -4.51. The third kappa shape index (κ3) is 7.73. The van der Waals surface area contributed by atoms with Crippen molar-refractivity contribution in [1.29, 1.82) is 0 Å². The summed E-state index contributed by atoms with van der Waals surface area (Å²) in [4.78, 5) is 83.7. The Morgan fingerprint density at radius 1 is 0.985 bits per heavy atom. The van der Waals surface area contributed by atoms with Gasteiger partial charge in [0.1, 0.15) is 41.0 Å². The standard InChI is InChI=1S/C45H53N3O16S/c1-19-40-24(47-17-31(63-44(60-4)43(47)64-40)65-27-13-29(51)48(42(27)57)16-20-8-10-21(11-9-20)41(56)46-2)12-30(61-19)62-26-15-45(58,28(50)18-49)14-23-33(26)39(55)35-34(37(23)53)36(52)22-6-5-7-25(59-3)32(22)38(35)54/h5-7,19-21,24,26-27,30-31,40,43-44,49,53,55,58H,8-18H2,1-4H3,(H,46,56)/t19-,20?,21?,24-,26-,27?,30-,31?,40+,43+,44-,45-/m0/s1. The topological polar surface area (TPSA) is 257 Å². The first-order valence-electron chi connectivity index (χ1n) is 22.0. The SMILES string of the molecule is CNC(=O)C1CCC(CN2C(=O)CC(SC3CN4[C@H](O[C@@H]5[C@H](C)O[C@@H](O[C@H]6C[C@](O)(C(=O)CO)Cc7c(O)c8c(c(O)c76)C(=O)c6c(OC)cccc6C8=O)C[C@@H]54)[C@@H](OC)O3)C2=O)CC1. The van der Waals surface area contributed by atoms with E-state index in [0.717, 1.165) is 12.8 Å². The summed E-state index contributed by atoms with van der Waals surface area (Å²) in [5, 5.41) is 47.5. The number of ether oxygens (including phenoxy) is 6. The van der Waals surface area contributed by atoms with E-state index < -0.39 is 119 Å². The van der Waals surface area contributed by atoms with Gasteiger partial charge in [0.15, 0.2) is 30.4 Å². The number of carbonyl (C=O) groups is 6. The van der Waals surface area contributed by atoms with E-state index in [1.165, 1.54) is 49.1 Å². The highest BCUT2D eigenvalue weighted by atomic mass is 32.2. The summed E-state index contributed by atoms with van der Waals surface area (Å²) >= 11 is 1.24. The monoisotopic (exact) mass is 923 g/mol. The van der Waals surface area contributed by atoms with Crippen molar-refractivity contribution in [3.05, 3.63) is 51.6 Å². The van der Waals surface area contributed by atoms with Gasteiger partial charge in [-0.15, -0.1) is 11.8 Å². The quantitative estimate of drug-likeness (QED) is 0.135. The molecule has 3 aliphatic carbocycles. The van der Waals surface area contributed by atoms with Crippen LogP contribution < -0.4 is 10.1 Å². The number of likely N-dealkylation sites (tertiary alicyclic amines) is 1. The van der Waals surface area contributed by atoms with Gasteiger partial charge in [0.2, 0.25) is 23.5 Å². The van der Waals surface area contributed by atoms with Crippen LogP contribution in [0.5, 0.6) is 17.2 Å². The molecule has 350 valence electrons. The predicted octanol–water partition coefficient (Wildman–Crippen LogP) is 1.45. The molecule has 0 aromatic heterocycles. The molecule has 0 bridgehead atoms. The van der Waals surface area contributed by atoms with Crippen LogP contribution >= 0.6 is 11.8 Å². The lowest BCUT2D eigenvalue weighted by atomic mass is 9.72. The molecule has 0 radical (unpaired) electrons. The lowest BCUT2D eigenvalue weighted by Crippen LogP contribution is -2.57. The van der Waals surface area contributed by atoms with Crippen LogP contribution in [0.3, 0.4) is 0 Å². The van der Waals surface area contributed by atoms with Crippen molar-refractivity contribution in [3.8, 4) is 17.2 Å². The number of aliphatic hydroxyl groups is 2. The summed E-state index contributed by atoms with van der Waals surface area (Å²) in [6, 6.07) is 3.97. The molecule has 4 heterocycles. The van der Waals surface area contributed by atoms with Crippen molar-refractivity contribution in [2.75, 3.05) is 41.0 Å². The third-order valence-electron chi connectivity index (χ3n) is 14.3. The van der Waals surface area contributed by atoms with Gasteiger partial charge in [-0.1, -0.05) is 12.1 Å². The second kappa shape index (κ2) is 17.6. The van der Waals surface area contributed by atoms with Crippen LogP contribution in [0.15, 0.2) is 18.2 Å². The molecule has 20 heteroatoms. The third-order valence-corrected chi connectivity index (χ3v) is 15.5. The molecule has 9 rings (SSSR count). The summed E-state index contributed by atoms with van der Waals surface area (Å²) in [5.74, 6) is -4.37. The van der Waals surface area contributed by atoms with Crippen LogP contribution in [0.2, 0.25) is 0 Å². The molecule has 2 unspecified atom stereocenters. The first-order chi connectivity index (χ1) is 31.1. The van der Waals surface area contributed by atoms with E-state index in [0.29, 0.717) is 19.4 Å². The summed E-state index contributed by atoms with van der Waals surface area (Å²) in [6.45, 7) is 1.28. The van der Waals surface area contributed by atoms with Crippen LogP contribution in [0, 0.1) is 11.8 Å². The number of imide groups is 1. The van der Waals surface area contributed by atoms with Crippen LogP contribution in [0.1, 0.15) is 101 Å². The van der Waals surface area contributed by atoms with Crippen LogP contribution in [-0.4, -0.2) is 160 Å². The van der Waals surface area contributed by atoms with Gasteiger partial charge in [0.25, 0.3) is 0 Å². The Morgan fingerprint density at radius 2 is 1.72 bits per heavy atom. The minimum Gasteiger partial charge on any atom is -0.507 e. The maximum absolute atomic E-state index is 14.1. The highest BCUT2D eigenvalue weighted by molar-refractivity contribution is 8.01. The molecule has 65 heavy (non-hydrogen) atoms. The highest BCUT2D eigenvalue weighted by Crippen LogP contribution is 2.53. The summed E-state index contributed by atoms with van der Waals surface area (Å²) < 4.78 is 36.8. The molecule has 1 saturated carbocycles. The molecule has 5 fully saturated rings. The average Bonchev–Trinajstić information content (AvgIpc) is 3.80. The second-order valence-electron chi connectivity index (χ2n) is 17.9. The van der Waals surface area contributed by atoms with Gasteiger partial charge in [-0.25, -0.2) is 0 Å². The summed E-state index contributed by atoms with van der Waals surface area (Å²) in [7, 11) is 4.42. The molecule has 5 N–H and O–H groups in total. The Balaban J connectivity index is 0.947. The molecule has 19 nitrogen and oxygen atoms in total. The van der Waals surface area contributed by atoms with Crippen molar-refractivity contribution >= 4 is 46.8 Å². The predicted molar refractivity (Wildman–Crippen MR) is 225 cm³/mol. The lowest BCUT2D eigenvalue weighted by molar-refractivity contribution is -0.259. The molecule has 4 aliphatic heterocycles. The molecule has 7 aliphatic rings. The Morgan fingerprint density at radius 3 is 2.42 bits per heavy atom. The number of hydrogen-bond donors (Lipinski definition) is 5. The number of aromatic hydroxyl groups is 2. The minimum atomic E-state index is -2.32. The van der Waals surface area contributed by atoms with Gasteiger partial charge < -0.3 is 54.2 Å². The number of rotatable bonds is 11. The largest absolute Gasteiger partial charge is 0.507 e. The van der Waals surface area contributed by atoms with Gasteiger partial charge in [-0.05, 0) is 44.6 Å². The number of ketones is 3. The number of phenolic OH excluding ortho intramolecular Hbond substituents is 2. The molecule has 4 saturated heterocycles. The van der Waals surface area contributed by atoms with E-state index in [9.17, 15) is 49.2 Å². The molecular weight excluding hydrogens is 871 g/mol. The molecule has 0 spiro atoms. The fourth-order valence-electron chi connectivity index (χ4n) is 11.0. The molecular formula is C45H53N3O16S. The van der Waals surface area contributed by atoms with Crippen molar-refractivity contribution in [3.63, 3.8) is 0 Å². The zero-order valence-electron chi connectivity index (χ0n) is 36.4.